The molecule has 0 fully saturated rings. The molecule has 0 rings (SSSR count). The van der Waals surface area contributed by atoms with Gasteiger partial charge in [0.25, 0.3) is 0 Å². The molecule has 42 heavy (non-hydrogen) atoms. The Bertz CT molecular complexity index is 803. The van der Waals surface area contributed by atoms with Gasteiger partial charge in [0.05, 0.1) is 18.8 Å². The Hall–Kier alpha value is -2.43. The summed E-state index contributed by atoms with van der Waals surface area (Å²) in [6, 6.07) is -0.651. The molecule has 2 atom stereocenters. The van der Waals surface area contributed by atoms with Gasteiger partial charge in [-0.05, 0) is 77.0 Å². The summed E-state index contributed by atoms with van der Waals surface area (Å²) in [5, 5.41) is 22.7. The van der Waals surface area contributed by atoms with Crippen LogP contribution in [-0.4, -0.2) is 34.9 Å². The van der Waals surface area contributed by atoms with Crippen LogP contribution in [0.15, 0.2) is 85.1 Å². The number of allylic oxidation sites excluding steroid dienone is 13. The maximum atomic E-state index is 12.3. The minimum atomic E-state index is -0.872. The van der Waals surface area contributed by atoms with E-state index in [1.165, 1.54) is 32.1 Å². The Labute approximate surface area is 259 Å². The van der Waals surface area contributed by atoms with Crippen LogP contribution in [0.1, 0.15) is 129 Å². The average molecular weight is 582 g/mol. The third-order valence-electron chi connectivity index (χ3n) is 6.86. The number of hydrogen-bond donors (Lipinski definition) is 3. The fourth-order valence-electron chi connectivity index (χ4n) is 4.27. The molecule has 0 bridgehead atoms. The molecule has 2 unspecified atom stereocenters. The van der Waals surface area contributed by atoms with Crippen molar-refractivity contribution < 1.29 is 15.0 Å². The molecular formula is C38H63NO3. The van der Waals surface area contributed by atoms with Gasteiger partial charge in [-0.1, -0.05) is 131 Å². The molecule has 0 saturated heterocycles. The van der Waals surface area contributed by atoms with Gasteiger partial charge in [-0.25, -0.2) is 0 Å². The third kappa shape index (κ3) is 29.1. The molecule has 0 aliphatic heterocycles. The van der Waals surface area contributed by atoms with Gasteiger partial charge in [0, 0.05) is 6.42 Å². The van der Waals surface area contributed by atoms with Gasteiger partial charge in [0.15, 0.2) is 0 Å². The number of amides is 1. The zero-order chi connectivity index (χ0) is 30.8. The van der Waals surface area contributed by atoms with E-state index in [2.05, 4.69) is 92.1 Å². The molecule has 0 aliphatic carbocycles. The molecular weight excluding hydrogens is 518 g/mol. The van der Waals surface area contributed by atoms with Gasteiger partial charge in [0.1, 0.15) is 0 Å². The summed E-state index contributed by atoms with van der Waals surface area (Å²) in [6.45, 7) is 4.09. The van der Waals surface area contributed by atoms with Crippen LogP contribution in [0.5, 0.6) is 0 Å². The largest absolute Gasteiger partial charge is 0.394 e. The van der Waals surface area contributed by atoms with Crippen molar-refractivity contribution in [1.82, 2.24) is 5.32 Å². The topological polar surface area (TPSA) is 69.6 Å². The highest BCUT2D eigenvalue weighted by molar-refractivity contribution is 5.76. The van der Waals surface area contributed by atoms with E-state index in [9.17, 15) is 15.0 Å². The van der Waals surface area contributed by atoms with E-state index in [1.807, 2.05) is 6.08 Å². The van der Waals surface area contributed by atoms with Crippen molar-refractivity contribution in [2.45, 2.75) is 142 Å². The minimum Gasteiger partial charge on any atom is -0.394 e. The molecule has 238 valence electrons. The van der Waals surface area contributed by atoms with Crippen molar-refractivity contribution in [2.75, 3.05) is 6.61 Å². The van der Waals surface area contributed by atoms with Crippen molar-refractivity contribution in [3.05, 3.63) is 85.1 Å². The Kier molecular flexibility index (Phi) is 31.2. The molecule has 1 amide bonds. The first-order chi connectivity index (χ1) is 20.7. The number of carbonyl (C=O) groups excluding carboxylic acids is 1. The molecule has 0 heterocycles. The Morgan fingerprint density at radius 2 is 1.07 bits per heavy atom. The van der Waals surface area contributed by atoms with Crippen LogP contribution in [0, 0.1) is 0 Å². The second-order valence-corrected chi connectivity index (χ2v) is 10.8. The lowest BCUT2D eigenvalue weighted by Crippen LogP contribution is -2.45. The van der Waals surface area contributed by atoms with E-state index < -0.39 is 12.1 Å². The van der Waals surface area contributed by atoms with E-state index in [-0.39, 0.29) is 12.5 Å². The van der Waals surface area contributed by atoms with Crippen LogP contribution in [0.4, 0.5) is 0 Å². The van der Waals surface area contributed by atoms with Crippen molar-refractivity contribution in [2.24, 2.45) is 0 Å². The maximum absolute atomic E-state index is 12.3. The van der Waals surface area contributed by atoms with Crippen LogP contribution < -0.4 is 5.32 Å². The zero-order valence-electron chi connectivity index (χ0n) is 27.0. The number of nitrogens with one attached hydrogen (secondary N) is 1. The molecule has 3 N–H and O–H groups in total. The van der Waals surface area contributed by atoms with Gasteiger partial charge in [-0.15, -0.1) is 0 Å². The van der Waals surface area contributed by atoms with E-state index in [4.69, 9.17) is 0 Å². The van der Waals surface area contributed by atoms with E-state index in [0.717, 1.165) is 77.0 Å². The molecule has 4 nitrogen and oxygen atoms in total. The standard InChI is InChI=1S/C38H63NO3/c1-3-5-7-9-11-13-14-15-16-17-18-19-20-21-22-23-24-26-28-30-32-34-38(42)39-36(35-40)37(41)33-31-29-27-25-12-10-8-6-4-2/h5,7,11-13,15-16,18-19,21-22,25,31,33,36-37,40-41H,3-4,6,8-10,14,17,20,23-24,26-30,32,34-35H2,1-2H3,(H,39,42)/b7-5-,13-11-,16-15-,19-18-,22-21-,25-12+,33-31+. The van der Waals surface area contributed by atoms with Crippen LogP contribution >= 0.6 is 0 Å². The summed E-state index contributed by atoms with van der Waals surface area (Å²) >= 11 is 0. The SMILES string of the molecule is CC/C=C\C/C=C\C/C=C\C/C=C\C/C=C\CCCCCCCC(=O)NC(CO)C(O)/C=C/CC/C=C/CCCCC. The molecule has 4 heteroatoms. The molecule has 0 aromatic rings. The fourth-order valence-corrected chi connectivity index (χ4v) is 4.27. The summed E-state index contributed by atoms with van der Waals surface area (Å²) in [5.74, 6) is -0.102. The number of rotatable bonds is 28. The lowest BCUT2D eigenvalue weighted by molar-refractivity contribution is -0.123. The Balaban J connectivity index is 3.75. The number of hydrogen-bond acceptors (Lipinski definition) is 3. The highest BCUT2D eigenvalue weighted by Gasteiger charge is 2.17. The molecule has 0 aromatic heterocycles. The van der Waals surface area contributed by atoms with Crippen molar-refractivity contribution in [3.8, 4) is 0 Å². The summed E-state index contributed by atoms with van der Waals surface area (Å²) in [4.78, 5) is 12.3. The van der Waals surface area contributed by atoms with E-state index in [1.54, 1.807) is 6.08 Å². The smallest absolute Gasteiger partial charge is 0.220 e. The first-order valence-corrected chi connectivity index (χ1v) is 16.8. The average Bonchev–Trinajstić information content (AvgIpc) is 2.99. The molecule has 0 spiro atoms. The predicted octanol–water partition coefficient (Wildman–Crippen LogP) is 9.78. The van der Waals surface area contributed by atoms with Crippen LogP contribution in [0.25, 0.3) is 0 Å². The number of aliphatic hydroxyl groups is 2. The van der Waals surface area contributed by atoms with Crippen molar-refractivity contribution in [3.63, 3.8) is 0 Å². The minimum absolute atomic E-state index is 0.102. The monoisotopic (exact) mass is 581 g/mol. The number of unbranched alkanes of at least 4 members (excludes halogenated alkanes) is 9. The van der Waals surface area contributed by atoms with Gasteiger partial charge in [-0.2, -0.15) is 0 Å². The molecule has 0 aromatic carbocycles. The van der Waals surface area contributed by atoms with Crippen molar-refractivity contribution >= 4 is 5.91 Å². The summed E-state index contributed by atoms with van der Waals surface area (Å²) in [5.41, 5.74) is 0. The lowest BCUT2D eigenvalue weighted by atomic mass is 10.1. The van der Waals surface area contributed by atoms with Gasteiger partial charge in [-0.3, -0.25) is 4.79 Å². The van der Waals surface area contributed by atoms with Crippen LogP contribution in [-0.2, 0) is 4.79 Å². The normalized spacial score (nSPS) is 14.3. The summed E-state index contributed by atoms with van der Waals surface area (Å²) in [6.07, 6.45) is 48.1. The molecule has 0 aliphatic rings. The second-order valence-electron chi connectivity index (χ2n) is 10.8. The van der Waals surface area contributed by atoms with E-state index >= 15 is 0 Å². The number of carbonyl (C=O) groups is 1. The highest BCUT2D eigenvalue weighted by atomic mass is 16.3. The first-order valence-electron chi connectivity index (χ1n) is 16.8. The fraction of sp³-hybridized carbons (Fsp3) is 0.605. The molecule has 0 radical (unpaired) electrons. The zero-order valence-corrected chi connectivity index (χ0v) is 27.0. The molecule has 0 saturated carbocycles. The number of aliphatic hydroxyl groups excluding tert-OH is 2. The van der Waals surface area contributed by atoms with Gasteiger partial charge >= 0.3 is 0 Å². The summed E-state index contributed by atoms with van der Waals surface area (Å²) in [7, 11) is 0. The maximum Gasteiger partial charge on any atom is 0.220 e. The van der Waals surface area contributed by atoms with Gasteiger partial charge < -0.3 is 15.5 Å². The van der Waals surface area contributed by atoms with Crippen LogP contribution in [0.3, 0.4) is 0 Å². The quantitative estimate of drug-likeness (QED) is 0.0636. The van der Waals surface area contributed by atoms with Gasteiger partial charge in [0.2, 0.25) is 5.91 Å². The first kappa shape index (κ1) is 39.6. The highest BCUT2D eigenvalue weighted by Crippen LogP contribution is 2.09. The third-order valence-corrected chi connectivity index (χ3v) is 6.86. The Morgan fingerprint density at radius 3 is 1.67 bits per heavy atom. The lowest BCUT2D eigenvalue weighted by Gasteiger charge is -2.19. The van der Waals surface area contributed by atoms with Crippen molar-refractivity contribution in [1.29, 1.82) is 0 Å². The Morgan fingerprint density at radius 1 is 0.595 bits per heavy atom. The summed E-state index contributed by atoms with van der Waals surface area (Å²) < 4.78 is 0. The van der Waals surface area contributed by atoms with E-state index in [0.29, 0.717) is 6.42 Å². The second kappa shape index (κ2) is 33.1. The predicted molar refractivity (Wildman–Crippen MR) is 183 cm³/mol. The van der Waals surface area contributed by atoms with Crippen LogP contribution in [0.2, 0.25) is 0 Å².